The van der Waals surface area contributed by atoms with Crippen molar-refractivity contribution >= 4 is 0 Å². The maximum Gasteiger partial charge on any atom is 0.266 e. The van der Waals surface area contributed by atoms with Gasteiger partial charge in [-0.25, -0.2) is 0 Å². The van der Waals surface area contributed by atoms with E-state index in [1.807, 2.05) is 18.2 Å². The number of aromatic nitrogens is 1. The molecule has 1 aliphatic carbocycles. The molecule has 2 N–H and O–H groups in total. The molecule has 0 bridgehead atoms. The first kappa shape index (κ1) is 12.5. The fourth-order valence-electron chi connectivity index (χ4n) is 2.45. The number of rotatable bonds is 2. The first-order valence-corrected chi connectivity index (χ1v) is 6.57. The van der Waals surface area contributed by atoms with Gasteiger partial charge in [0.15, 0.2) is 0 Å². The number of hydrogen-bond donors (Lipinski definition) is 2. The number of hydrogen-bond acceptors (Lipinski definition) is 3. The van der Waals surface area contributed by atoms with Crippen molar-refractivity contribution in [2.75, 3.05) is 0 Å². The summed E-state index contributed by atoms with van der Waals surface area (Å²) in [5.41, 5.74) is 2.49. The summed E-state index contributed by atoms with van der Waals surface area (Å²) < 4.78 is 0. The molecule has 1 aromatic heterocycles. The van der Waals surface area contributed by atoms with Crippen molar-refractivity contribution in [2.45, 2.75) is 25.7 Å². The van der Waals surface area contributed by atoms with E-state index in [0.29, 0.717) is 22.7 Å². The Morgan fingerprint density at radius 3 is 2.70 bits per heavy atom. The Kier molecular flexibility index (Phi) is 2.83. The largest absolute Gasteiger partial charge is 0.507 e. The zero-order valence-electron chi connectivity index (χ0n) is 11.1. The average molecular weight is 266 g/mol. The Bertz CT molecular complexity index is 780. The molecular formula is C16H14N2O2. The third-order valence-electron chi connectivity index (χ3n) is 3.64. The summed E-state index contributed by atoms with van der Waals surface area (Å²) in [4.78, 5) is 14.5. The molecule has 0 atom stereocenters. The van der Waals surface area contributed by atoms with E-state index < -0.39 is 5.56 Å². The summed E-state index contributed by atoms with van der Waals surface area (Å²) in [6, 6.07) is 9.09. The summed E-state index contributed by atoms with van der Waals surface area (Å²) >= 11 is 0. The van der Waals surface area contributed by atoms with Crippen LogP contribution in [0.3, 0.4) is 0 Å². The monoisotopic (exact) mass is 266 g/mol. The van der Waals surface area contributed by atoms with Crippen LogP contribution < -0.4 is 5.56 Å². The van der Waals surface area contributed by atoms with Crippen LogP contribution in [0, 0.1) is 18.3 Å². The molecule has 0 aliphatic heterocycles. The highest BCUT2D eigenvalue weighted by Crippen LogP contribution is 2.43. The molecule has 1 saturated carbocycles. The second kappa shape index (κ2) is 4.53. The van der Waals surface area contributed by atoms with Crippen LogP contribution in [0.1, 0.15) is 35.6 Å². The predicted octanol–water partition coefficient (Wildman–Crippen LogP) is 2.81. The normalized spacial score (nSPS) is 14.0. The lowest BCUT2D eigenvalue weighted by Crippen LogP contribution is -2.12. The van der Waals surface area contributed by atoms with Gasteiger partial charge < -0.3 is 10.1 Å². The maximum absolute atomic E-state index is 11.8. The second-order valence-corrected chi connectivity index (χ2v) is 5.23. The van der Waals surface area contributed by atoms with Gasteiger partial charge in [0.05, 0.1) is 0 Å². The van der Waals surface area contributed by atoms with Gasteiger partial charge in [-0.3, -0.25) is 4.79 Å². The molecular weight excluding hydrogens is 252 g/mol. The van der Waals surface area contributed by atoms with Crippen molar-refractivity contribution in [1.82, 2.24) is 4.98 Å². The molecule has 4 nitrogen and oxygen atoms in total. The van der Waals surface area contributed by atoms with Crippen LogP contribution in [0.2, 0.25) is 0 Å². The molecule has 0 spiro atoms. The van der Waals surface area contributed by atoms with Gasteiger partial charge in [-0.1, -0.05) is 6.07 Å². The predicted molar refractivity (Wildman–Crippen MR) is 75.6 cm³/mol. The van der Waals surface area contributed by atoms with Crippen LogP contribution in [0.15, 0.2) is 29.1 Å². The van der Waals surface area contributed by atoms with E-state index in [1.165, 1.54) is 0 Å². The van der Waals surface area contributed by atoms with Crippen LogP contribution in [0.4, 0.5) is 0 Å². The van der Waals surface area contributed by atoms with Gasteiger partial charge in [0.2, 0.25) is 0 Å². The van der Waals surface area contributed by atoms with Gasteiger partial charge >= 0.3 is 0 Å². The zero-order chi connectivity index (χ0) is 14.3. The zero-order valence-corrected chi connectivity index (χ0v) is 11.1. The highest BCUT2D eigenvalue weighted by molar-refractivity contribution is 5.76. The molecule has 0 amide bonds. The first-order chi connectivity index (χ1) is 9.60. The Balaban J connectivity index is 2.25. The molecule has 1 heterocycles. The number of nitrogens with one attached hydrogen (secondary N) is 1. The lowest BCUT2D eigenvalue weighted by atomic mass is 9.97. The lowest BCUT2D eigenvalue weighted by Gasteiger charge is -2.09. The highest BCUT2D eigenvalue weighted by Gasteiger charge is 2.25. The fourth-order valence-corrected chi connectivity index (χ4v) is 2.45. The highest BCUT2D eigenvalue weighted by atomic mass is 16.3. The summed E-state index contributed by atoms with van der Waals surface area (Å²) in [6.07, 6.45) is 2.31. The second-order valence-electron chi connectivity index (χ2n) is 5.23. The number of phenols is 1. The van der Waals surface area contributed by atoms with E-state index in [9.17, 15) is 15.2 Å². The van der Waals surface area contributed by atoms with E-state index >= 15 is 0 Å². The molecule has 100 valence electrons. The van der Waals surface area contributed by atoms with Gasteiger partial charge in [0.1, 0.15) is 17.4 Å². The van der Waals surface area contributed by atoms with Crippen LogP contribution in [0.25, 0.3) is 11.1 Å². The summed E-state index contributed by atoms with van der Waals surface area (Å²) in [5.74, 6) is 0.638. The standard InChI is InChI=1S/C16H14N2O2/c1-9-6-12(14(8-17)16(20)18-9)13-7-11(10-2-3-10)4-5-15(13)19/h4-7,10,19H,2-3H2,1H3,(H,18,20). The number of pyridine rings is 1. The SMILES string of the molecule is Cc1cc(-c2cc(C3CC3)ccc2O)c(C#N)c(=O)[nH]1. The molecule has 20 heavy (non-hydrogen) atoms. The van der Waals surface area contributed by atoms with E-state index in [0.717, 1.165) is 18.4 Å². The molecule has 2 aromatic rings. The third kappa shape index (κ3) is 2.08. The average Bonchev–Trinajstić information content (AvgIpc) is 3.23. The van der Waals surface area contributed by atoms with E-state index in [2.05, 4.69) is 4.98 Å². The van der Waals surface area contributed by atoms with Crippen molar-refractivity contribution in [1.29, 1.82) is 5.26 Å². The molecule has 1 fully saturated rings. The van der Waals surface area contributed by atoms with Gasteiger partial charge in [-0.05, 0) is 49.4 Å². The minimum absolute atomic E-state index is 0.0406. The summed E-state index contributed by atoms with van der Waals surface area (Å²) in [5, 5.41) is 19.3. The number of benzene rings is 1. The van der Waals surface area contributed by atoms with E-state index in [1.54, 1.807) is 19.1 Å². The Morgan fingerprint density at radius 2 is 2.05 bits per heavy atom. The first-order valence-electron chi connectivity index (χ1n) is 6.57. The molecule has 0 saturated heterocycles. The Labute approximate surface area is 116 Å². The lowest BCUT2D eigenvalue weighted by molar-refractivity contribution is 0.477. The molecule has 0 radical (unpaired) electrons. The number of aromatic hydroxyl groups is 1. The number of aromatic amines is 1. The quantitative estimate of drug-likeness (QED) is 0.877. The smallest absolute Gasteiger partial charge is 0.266 e. The van der Waals surface area contributed by atoms with Crippen molar-refractivity contribution in [3.05, 3.63) is 51.4 Å². The summed E-state index contributed by atoms with van der Waals surface area (Å²) in [6.45, 7) is 1.76. The van der Waals surface area contributed by atoms with Crippen molar-refractivity contribution in [2.24, 2.45) is 0 Å². The molecule has 1 aliphatic rings. The number of H-pyrrole nitrogens is 1. The van der Waals surface area contributed by atoms with E-state index in [4.69, 9.17) is 0 Å². The Hall–Kier alpha value is -2.54. The van der Waals surface area contributed by atoms with Gasteiger partial charge in [-0.2, -0.15) is 5.26 Å². The van der Waals surface area contributed by atoms with Crippen LogP contribution >= 0.6 is 0 Å². The molecule has 0 unspecified atom stereocenters. The third-order valence-corrected chi connectivity index (χ3v) is 3.64. The van der Waals surface area contributed by atoms with Gasteiger partial charge in [0.25, 0.3) is 5.56 Å². The van der Waals surface area contributed by atoms with Gasteiger partial charge in [0, 0.05) is 16.8 Å². The van der Waals surface area contributed by atoms with E-state index in [-0.39, 0.29) is 11.3 Å². The number of nitrogens with zero attached hydrogens (tertiary/aromatic N) is 1. The molecule has 4 heteroatoms. The van der Waals surface area contributed by atoms with Crippen LogP contribution in [0.5, 0.6) is 5.75 Å². The fraction of sp³-hybridized carbons (Fsp3) is 0.250. The topological polar surface area (TPSA) is 76.9 Å². The Morgan fingerprint density at radius 1 is 1.30 bits per heavy atom. The van der Waals surface area contributed by atoms with Crippen LogP contribution in [-0.2, 0) is 0 Å². The maximum atomic E-state index is 11.8. The number of phenolic OH excluding ortho intramolecular Hbond substituents is 1. The minimum atomic E-state index is -0.418. The molecule has 1 aromatic carbocycles. The van der Waals surface area contributed by atoms with Crippen molar-refractivity contribution in [3.8, 4) is 22.9 Å². The van der Waals surface area contributed by atoms with Crippen molar-refractivity contribution in [3.63, 3.8) is 0 Å². The minimum Gasteiger partial charge on any atom is -0.507 e. The van der Waals surface area contributed by atoms with Crippen molar-refractivity contribution < 1.29 is 5.11 Å². The van der Waals surface area contributed by atoms with Crippen LogP contribution in [-0.4, -0.2) is 10.1 Å². The number of aryl methyl sites for hydroxylation is 1. The molecule has 3 rings (SSSR count). The summed E-state index contributed by atoms with van der Waals surface area (Å²) in [7, 11) is 0. The number of nitriles is 1. The van der Waals surface area contributed by atoms with Gasteiger partial charge in [-0.15, -0.1) is 0 Å².